The van der Waals surface area contributed by atoms with Crippen LogP contribution in [0.25, 0.3) is 0 Å². The Labute approximate surface area is 131 Å². The third-order valence-electron chi connectivity index (χ3n) is 2.74. The minimum atomic E-state index is -0.436. The van der Waals surface area contributed by atoms with Gasteiger partial charge in [-0.25, -0.2) is 4.79 Å². The highest BCUT2D eigenvalue weighted by molar-refractivity contribution is 6.37. The van der Waals surface area contributed by atoms with Crippen LogP contribution in [-0.2, 0) is 4.74 Å². The van der Waals surface area contributed by atoms with Crippen molar-refractivity contribution in [3.05, 3.63) is 63.6 Å². The molecule has 2 rings (SSSR count). The van der Waals surface area contributed by atoms with E-state index in [4.69, 9.17) is 23.2 Å². The van der Waals surface area contributed by atoms with E-state index in [1.54, 1.807) is 36.4 Å². The number of hydrogen-bond donors (Lipinski definition) is 1. The summed E-state index contributed by atoms with van der Waals surface area (Å²) >= 11 is 11.8. The molecule has 4 nitrogen and oxygen atoms in total. The van der Waals surface area contributed by atoms with E-state index in [1.807, 2.05) is 0 Å². The molecule has 0 bridgehead atoms. The minimum Gasteiger partial charge on any atom is -0.465 e. The summed E-state index contributed by atoms with van der Waals surface area (Å²) in [6.07, 6.45) is 0. The van der Waals surface area contributed by atoms with Crippen molar-refractivity contribution in [3.63, 3.8) is 0 Å². The van der Waals surface area contributed by atoms with Gasteiger partial charge in [0, 0.05) is 10.7 Å². The average molecular weight is 324 g/mol. The maximum atomic E-state index is 12.1. The van der Waals surface area contributed by atoms with Gasteiger partial charge in [-0.3, -0.25) is 4.79 Å². The van der Waals surface area contributed by atoms with Crippen LogP contribution in [0.1, 0.15) is 20.7 Å². The van der Waals surface area contributed by atoms with Crippen LogP contribution in [0, 0.1) is 0 Å². The van der Waals surface area contributed by atoms with Crippen molar-refractivity contribution in [3.8, 4) is 0 Å². The molecule has 0 aromatic heterocycles. The molecule has 2 aromatic rings. The first-order valence-electron chi connectivity index (χ1n) is 5.96. The molecule has 0 aliphatic carbocycles. The Balaban J connectivity index is 2.14. The lowest BCUT2D eigenvalue weighted by molar-refractivity contribution is 0.0600. The molecule has 2 aromatic carbocycles. The van der Waals surface area contributed by atoms with Gasteiger partial charge in [0.05, 0.1) is 23.3 Å². The zero-order valence-electron chi connectivity index (χ0n) is 11.0. The molecular weight excluding hydrogens is 313 g/mol. The van der Waals surface area contributed by atoms with Gasteiger partial charge in [0.2, 0.25) is 0 Å². The largest absolute Gasteiger partial charge is 0.465 e. The number of amides is 1. The zero-order chi connectivity index (χ0) is 15.4. The summed E-state index contributed by atoms with van der Waals surface area (Å²) in [7, 11) is 1.31. The first kappa shape index (κ1) is 15.4. The van der Waals surface area contributed by atoms with Gasteiger partial charge in [-0.15, -0.1) is 0 Å². The number of ether oxygens (including phenoxy) is 1. The number of carbonyl (C=O) groups is 2. The van der Waals surface area contributed by atoms with Crippen LogP contribution >= 0.6 is 23.2 Å². The molecule has 21 heavy (non-hydrogen) atoms. The monoisotopic (exact) mass is 323 g/mol. The molecule has 6 heteroatoms. The predicted molar refractivity (Wildman–Crippen MR) is 82.2 cm³/mol. The zero-order valence-corrected chi connectivity index (χ0v) is 12.5. The normalized spacial score (nSPS) is 10.0. The number of carbonyl (C=O) groups excluding carboxylic acids is 2. The Morgan fingerprint density at radius 3 is 2.29 bits per heavy atom. The topological polar surface area (TPSA) is 55.4 Å². The number of methoxy groups -OCH3 is 1. The van der Waals surface area contributed by atoms with Crippen molar-refractivity contribution in [1.29, 1.82) is 0 Å². The Morgan fingerprint density at radius 1 is 1.05 bits per heavy atom. The van der Waals surface area contributed by atoms with Crippen molar-refractivity contribution in [2.24, 2.45) is 0 Å². The molecule has 1 N–H and O–H groups in total. The van der Waals surface area contributed by atoms with Gasteiger partial charge in [0.1, 0.15) is 0 Å². The Kier molecular flexibility index (Phi) is 4.83. The van der Waals surface area contributed by atoms with E-state index in [1.165, 1.54) is 13.2 Å². The first-order chi connectivity index (χ1) is 10.0. The van der Waals surface area contributed by atoms with Crippen molar-refractivity contribution in [2.45, 2.75) is 0 Å². The Morgan fingerprint density at radius 2 is 1.71 bits per heavy atom. The molecular formula is C15H11Cl2NO3. The fraction of sp³-hybridized carbons (Fsp3) is 0.0667. The predicted octanol–water partition coefficient (Wildman–Crippen LogP) is 4.03. The number of anilines is 1. The van der Waals surface area contributed by atoms with E-state index in [0.29, 0.717) is 21.8 Å². The van der Waals surface area contributed by atoms with Crippen LogP contribution in [0.3, 0.4) is 0 Å². The molecule has 0 unspecified atom stereocenters. The number of benzene rings is 2. The van der Waals surface area contributed by atoms with E-state index in [0.717, 1.165) is 0 Å². The third-order valence-corrected chi connectivity index (χ3v) is 3.29. The van der Waals surface area contributed by atoms with Crippen LogP contribution in [0.15, 0.2) is 42.5 Å². The molecule has 1 amide bonds. The van der Waals surface area contributed by atoms with Crippen LogP contribution in [0.4, 0.5) is 5.69 Å². The maximum Gasteiger partial charge on any atom is 0.337 e. The quantitative estimate of drug-likeness (QED) is 0.867. The maximum absolute atomic E-state index is 12.1. The lowest BCUT2D eigenvalue weighted by atomic mass is 10.2. The van der Waals surface area contributed by atoms with E-state index in [-0.39, 0.29) is 10.9 Å². The summed E-state index contributed by atoms with van der Waals surface area (Å²) in [4.78, 5) is 23.4. The average Bonchev–Trinajstić information content (AvgIpc) is 2.47. The summed E-state index contributed by atoms with van der Waals surface area (Å²) in [6.45, 7) is 0. The summed E-state index contributed by atoms with van der Waals surface area (Å²) in [5.41, 5.74) is 1.26. The van der Waals surface area contributed by atoms with E-state index < -0.39 is 5.97 Å². The first-order valence-corrected chi connectivity index (χ1v) is 6.71. The molecule has 0 atom stereocenters. The van der Waals surface area contributed by atoms with E-state index in [9.17, 15) is 9.59 Å². The van der Waals surface area contributed by atoms with Crippen LogP contribution in [-0.4, -0.2) is 19.0 Å². The molecule has 108 valence electrons. The number of hydrogen-bond acceptors (Lipinski definition) is 3. The second kappa shape index (κ2) is 6.61. The van der Waals surface area contributed by atoms with Gasteiger partial charge in [0.15, 0.2) is 0 Å². The summed E-state index contributed by atoms with van der Waals surface area (Å²) in [6, 6.07) is 11.0. The van der Waals surface area contributed by atoms with Gasteiger partial charge >= 0.3 is 5.97 Å². The molecule has 0 radical (unpaired) electrons. The molecule has 0 spiro atoms. The Bertz CT molecular complexity index is 684. The highest BCUT2D eigenvalue weighted by Crippen LogP contribution is 2.22. The molecule has 0 saturated heterocycles. The van der Waals surface area contributed by atoms with Crippen LogP contribution < -0.4 is 5.32 Å². The molecule has 0 heterocycles. The highest BCUT2D eigenvalue weighted by Gasteiger charge is 2.11. The third kappa shape index (κ3) is 3.74. The van der Waals surface area contributed by atoms with E-state index in [2.05, 4.69) is 10.1 Å². The fourth-order valence-electron chi connectivity index (χ4n) is 1.68. The SMILES string of the molecule is COC(=O)c1ccc(NC(=O)c2ccc(Cl)cc2Cl)cc1. The van der Waals surface area contributed by atoms with Gasteiger partial charge in [0.25, 0.3) is 5.91 Å². The molecule has 0 fully saturated rings. The lowest BCUT2D eigenvalue weighted by Crippen LogP contribution is -2.12. The molecule has 0 saturated carbocycles. The van der Waals surface area contributed by atoms with Crippen molar-refractivity contribution in [1.82, 2.24) is 0 Å². The van der Waals surface area contributed by atoms with Crippen LogP contribution in [0.5, 0.6) is 0 Å². The van der Waals surface area contributed by atoms with Crippen molar-refractivity contribution >= 4 is 40.8 Å². The molecule has 0 aliphatic rings. The summed E-state index contributed by atoms with van der Waals surface area (Å²) in [5, 5.41) is 3.41. The van der Waals surface area contributed by atoms with Gasteiger partial charge in [-0.2, -0.15) is 0 Å². The number of halogens is 2. The number of rotatable bonds is 3. The second-order valence-corrected chi connectivity index (χ2v) is 4.99. The highest BCUT2D eigenvalue weighted by atomic mass is 35.5. The van der Waals surface area contributed by atoms with Gasteiger partial charge < -0.3 is 10.1 Å². The van der Waals surface area contributed by atoms with Crippen molar-refractivity contribution in [2.75, 3.05) is 12.4 Å². The summed E-state index contributed by atoms with van der Waals surface area (Å²) in [5.74, 6) is -0.795. The summed E-state index contributed by atoms with van der Waals surface area (Å²) < 4.78 is 4.60. The number of nitrogens with one attached hydrogen (secondary N) is 1. The molecule has 0 aliphatic heterocycles. The minimum absolute atomic E-state index is 0.270. The second-order valence-electron chi connectivity index (χ2n) is 4.15. The number of esters is 1. The fourth-order valence-corrected chi connectivity index (χ4v) is 2.17. The van der Waals surface area contributed by atoms with E-state index >= 15 is 0 Å². The standard InChI is InChI=1S/C15H11Cl2NO3/c1-21-15(20)9-2-5-11(6-3-9)18-14(19)12-7-4-10(16)8-13(12)17/h2-8H,1H3,(H,18,19). The Hall–Kier alpha value is -2.04. The smallest absolute Gasteiger partial charge is 0.337 e. The van der Waals surface area contributed by atoms with Gasteiger partial charge in [-0.1, -0.05) is 23.2 Å². The lowest BCUT2D eigenvalue weighted by Gasteiger charge is -2.07. The van der Waals surface area contributed by atoms with Crippen molar-refractivity contribution < 1.29 is 14.3 Å². The van der Waals surface area contributed by atoms with Crippen LogP contribution in [0.2, 0.25) is 10.0 Å². The van der Waals surface area contributed by atoms with Gasteiger partial charge in [-0.05, 0) is 42.5 Å².